The van der Waals surface area contributed by atoms with Gasteiger partial charge in [0.15, 0.2) is 5.11 Å². The predicted octanol–water partition coefficient (Wildman–Crippen LogP) is 3.19. The topological polar surface area (TPSA) is 79.5 Å². The van der Waals surface area contributed by atoms with Crippen molar-refractivity contribution in [2.75, 3.05) is 0 Å². The minimum atomic E-state index is -0.436. The highest BCUT2D eigenvalue weighted by atomic mass is 79.9. The van der Waals surface area contributed by atoms with Crippen molar-refractivity contribution in [1.29, 1.82) is 0 Å². The number of hydrazine groups is 1. The number of ether oxygens (including phenoxy) is 1. The lowest BCUT2D eigenvalue weighted by Gasteiger charge is -2.15. The molecule has 6 nitrogen and oxygen atoms in total. The lowest BCUT2D eigenvalue weighted by Crippen LogP contribution is -2.48. The van der Waals surface area contributed by atoms with Crippen molar-refractivity contribution < 1.29 is 14.3 Å². The smallest absolute Gasteiger partial charge is 0.270 e. The summed E-state index contributed by atoms with van der Waals surface area (Å²) >= 11 is 8.35. The van der Waals surface area contributed by atoms with Crippen molar-refractivity contribution in [1.82, 2.24) is 16.2 Å². The van der Waals surface area contributed by atoms with Crippen LogP contribution in [0.2, 0.25) is 0 Å². The molecule has 0 fully saturated rings. The van der Waals surface area contributed by atoms with Gasteiger partial charge in [0.05, 0.1) is 17.2 Å². The van der Waals surface area contributed by atoms with Crippen LogP contribution in [0.15, 0.2) is 53.0 Å². The Bertz CT molecular complexity index is 827. The zero-order valence-electron chi connectivity index (χ0n) is 14.2. The number of rotatable bonds is 4. The van der Waals surface area contributed by atoms with Crippen LogP contribution in [0.4, 0.5) is 0 Å². The fraction of sp³-hybridized carbons (Fsp3) is 0.167. The second kappa shape index (κ2) is 9.30. The van der Waals surface area contributed by atoms with Crippen LogP contribution in [-0.2, 0) is 0 Å². The molecule has 0 aliphatic carbocycles. The molecule has 2 rings (SSSR count). The van der Waals surface area contributed by atoms with Gasteiger partial charge in [-0.2, -0.15) is 0 Å². The molecule has 0 radical (unpaired) electrons. The zero-order chi connectivity index (χ0) is 19.1. The number of carbonyl (C=O) groups excluding carboxylic acids is 2. The minimum absolute atomic E-state index is 0.0326. The van der Waals surface area contributed by atoms with Gasteiger partial charge in [-0.25, -0.2) is 0 Å². The SMILES string of the molecule is CC(C)Oc1ccccc1C(=O)NC(=S)NNC(=O)c1ccccc1Br. The predicted molar refractivity (Wildman–Crippen MR) is 107 cm³/mol. The molecule has 0 saturated heterocycles. The molecule has 2 aromatic carbocycles. The Kier molecular flexibility index (Phi) is 7.11. The van der Waals surface area contributed by atoms with Crippen LogP contribution in [0.5, 0.6) is 5.75 Å². The Hall–Kier alpha value is -2.45. The fourth-order valence-electron chi connectivity index (χ4n) is 2.04. The lowest BCUT2D eigenvalue weighted by atomic mass is 10.2. The highest BCUT2D eigenvalue weighted by molar-refractivity contribution is 9.10. The van der Waals surface area contributed by atoms with Gasteiger partial charge in [-0.3, -0.25) is 25.8 Å². The van der Waals surface area contributed by atoms with Crippen LogP contribution < -0.4 is 20.9 Å². The highest BCUT2D eigenvalue weighted by Crippen LogP contribution is 2.19. The summed E-state index contributed by atoms with van der Waals surface area (Å²) < 4.78 is 6.27. The molecule has 0 saturated carbocycles. The van der Waals surface area contributed by atoms with Gasteiger partial charge in [0.1, 0.15) is 5.75 Å². The maximum Gasteiger partial charge on any atom is 0.270 e. The standard InChI is InChI=1S/C18H18BrN3O3S/c1-11(2)25-15-10-6-4-8-13(15)16(23)20-18(26)22-21-17(24)12-7-3-5-9-14(12)19/h3-11H,1-2H3,(H,21,24)(H2,20,22,23,26). The van der Waals surface area contributed by atoms with E-state index in [0.717, 1.165) is 0 Å². The number of para-hydroxylation sites is 1. The Morgan fingerprint density at radius 3 is 2.23 bits per heavy atom. The second-order valence-corrected chi connectivity index (χ2v) is 6.77. The van der Waals surface area contributed by atoms with Gasteiger partial charge >= 0.3 is 0 Å². The van der Waals surface area contributed by atoms with E-state index in [4.69, 9.17) is 17.0 Å². The third-order valence-electron chi connectivity index (χ3n) is 3.13. The first-order chi connectivity index (χ1) is 12.4. The molecule has 0 bridgehead atoms. The normalized spacial score (nSPS) is 10.2. The van der Waals surface area contributed by atoms with Crippen molar-refractivity contribution >= 4 is 45.1 Å². The lowest BCUT2D eigenvalue weighted by molar-refractivity contribution is 0.0932. The average Bonchev–Trinajstić information content (AvgIpc) is 2.60. The van der Waals surface area contributed by atoms with E-state index >= 15 is 0 Å². The number of amides is 2. The largest absolute Gasteiger partial charge is 0.490 e. The van der Waals surface area contributed by atoms with E-state index in [1.165, 1.54) is 0 Å². The molecular weight excluding hydrogens is 418 g/mol. The monoisotopic (exact) mass is 435 g/mol. The molecule has 136 valence electrons. The summed E-state index contributed by atoms with van der Waals surface area (Å²) in [6.07, 6.45) is -0.0716. The summed E-state index contributed by atoms with van der Waals surface area (Å²) in [4.78, 5) is 24.5. The number of carbonyl (C=O) groups is 2. The van der Waals surface area contributed by atoms with E-state index in [9.17, 15) is 9.59 Å². The Morgan fingerprint density at radius 1 is 0.962 bits per heavy atom. The van der Waals surface area contributed by atoms with E-state index in [0.29, 0.717) is 21.3 Å². The molecule has 0 heterocycles. The van der Waals surface area contributed by atoms with E-state index in [1.54, 1.807) is 48.5 Å². The summed E-state index contributed by atoms with van der Waals surface area (Å²) in [5, 5.41) is 2.47. The van der Waals surface area contributed by atoms with Crippen LogP contribution in [0.25, 0.3) is 0 Å². The first kappa shape index (κ1) is 19.9. The van der Waals surface area contributed by atoms with E-state index < -0.39 is 11.8 Å². The van der Waals surface area contributed by atoms with Gasteiger partial charge in [0.2, 0.25) is 0 Å². The van der Waals surface area contributed by atoms with Crippen LogP contribution in [0, 0.1) is 0 Å². The molecule has 2 amide bonds. The number of thiocarbonyl (C=S) groups is 1. The van der Waals surface area contributed by atoms with E-state index in [-0.39, 0.29) is 11.2 Å². The van der Waals surface area contributed by atoms with Gasteiger partial charge in [-0.1, -0.05) is 24.3 Å². The summed E-state index contributed by atoms with van der Waals surface area (Å²) in [5.74, 6) is -0.369. The van der Waals surface area contributed by atoms with Crippen molar-refractivity contribution in [2.24, 2.45) is 0 Å². The maximum absolute atomic E-state index is 12.4. The Balaban J connectivity index is 1.95. The van der Waals surface area contributed by atoms with Gasteiger partial charge in [0.25, 0.3) is 11.8 Å². The van der Waals surface area contributed by atoms with Gasteiger partial charge in [0, 0.05) is 4.47 Å². The van der Waals surface area contributed by atoms with Gasteiger partial charge in [-0.05, 0) is 66.3 Å². The van der Waals surface area contributed by atoms with Crippen LogP contribution in [-0.4, -0.2) is 23.0 Å². The molecule has 0 aromatic heterocycles. The van der Waals surface area contributed by atoms with Crippen molar-refractivity contribution in [2.45, 2.75) is 20.0 Å². The molecule has 0 atom stereocenters. The molecule has 0 aliphatic rings. The number of benzene rings is 2. The fourth-order valence-corrected chi connectivity index (χ4v) is 2.65. The summed E-state index contributed by atoms with van der Waals surface area (Å²) in [5.41, 5.74) is 5.73. The third-order valence-corrected chi connectivity index (χ3v) is 4.03. The summed E-state index contributed by atoms with van der Waals surface area (Å²) in [7, 11) is 0. The second-order valence-electron chi connectivity index (χ2n) is 5.50. The molecule has 26 heavy (non-hydrogen) atoms. The maximum atomic E-state index is 12.4. The number of hydrogen-bond donors (Lipinski definition) is 3. The minimum Gasteiger partial charge on any atom is -0.490 e. The van der Waals surface area contributed by atoms with Gasteiger partial charge < -0.3 is 4.74 Å². The first-order valence-corrected chi connectivity index (χ1v) is 9.00. The first-order valence-electron chi connectivity index (χ1n) is 7.80. The van der Waals surface area contributed by atoms with Crippen molar-refractivity contribution in [3.63, 3.8) is 0 Å². The molecular formula is C18H18BrN3O3S. The summed E-state index contributed by atoms with van der Waals surface area (Å²) in [6, 6.07) is 13.8. The highest BCUT2D eigenvalue weighted by Gasteiger charge is 2.15. The number of halogens is 1. The Labute approximate surface area is 165 Å². The van der Waals surface area contributed by atoms with E-state index in [2.05, 4.69) is 32.1 Å². The molecule has 2 aromatic rings. The molecule has 0 aliphatic heterocycles. The Morgan fingerprint density at radius 2 is 1.58 bits per heavy atom. The summed E-state index contributed by atoms with van der Waals surface area (Å²) in [6.45, 7) is 3.75. The van der Waals surface area contributed by atoms with E-state index in [1.807, 2.05) is 13.8 Å². The third kappa shape index (κ3) is 5.53. The quantitative estimate of drug-likeness (QED) is 0.507. The molecule has 0 spiro atoms. The molecule has 8 heteroatoms. The number of hydrogen-bond acceptors (Lipinski definition) is 4. The molecule has 3 N–H and O–H groups in total. The zero-order valence-corrected chi connectivity index (χ0v) is 16.6. The molecule has 0 unspecified atom stereocenters. The van der Waals surface area contributed by atoms with Crippen LogP contribution in [0.1, 0.15) is 34.6 Å². The van der Waals surface area contributed by atoms with Crippen LogP contribution >= 0.6 is 28.1 Å². The van der Waals surface area contributed by atoms with Crippen molar-refractivity contribution in [3.05, 3.63) is 64.1 Å². The van der Waals surface area contributed by atoms with Crippen molar-refractivity contribution in [3.8, 4) is 5.75 Å². The van der Waals surface area contributed by atoms with Gasteiger partial charge in [-0.15, -0.1) is 0 Å². The number of nitrogens with one attached hydrogen (secondary N) is 3. The average molecular weight is 436 g/mol. The van der Waals surface area contributed by atoms with Crippen LogP contribution in [0.3, 0.4) is 0 Å².